The first-order valence-corrected chi connectivity index (χ1v) is 13.2. The van der Waals surface area contributed by atoms with E-state index in [4.69, 9.17) is 4.74 Å². The van der Waals surface area contributed by atoms with Crippen molar-refractivity contribution in [2.45, 2.75) is 64.7 Å². The molecule has 0 radical (unpaired) electrons. The summed E-state index contributed by atoms with van der Waals surface area (Å²) in [5.74, 6) is -2.33. The maximum absolute atomic E-state index is 13.8. The van der Waals surface area contributed by atoms with Crippen molar-refractivity contribution < 1.29 is 24.2 Å². The van der Waals surface area contributed by atoms with Crippen LogP contribution in [0.5, 0.6) is 0 Å². The van der Waals surface area contributed by atoms with Crippen LogP contribution in [-0.2, 0) is 19.1 Å². The third-order valence-corrected chi connectivity index (χ3v) is 8.50. The number of carbonyl (C=O) groups is 3. The minimum atomic E-state index is -1.11. The lowest BCUT2D eigenvalue weighted by molar-refractivity contribution is -0.146. The first-order chi connectivity index (χ1) is 17.2. The van der Waals surface area contributed by atoms with Gasteiger partial charge in [0.25, 0.3) is 0 Å². The van der Waals surface area contributed by atoms with Crippen molar-refractivity contribution in [1.29, 1.82) is 0 Å². The molecule has 198 valence electrons. The van der Waals surface area contributed by atoms with Crippen LogP contribution in [0.15, 0.2) is 24.3 Å². The van der Waals surface area contributed by atoms with Gasteiger partial charge in [-0.1, -0.05) is 13.8 Å². The molecule has 0 aromatic heterocycles. The van der Waals surface area contributed by atoms with Gasteiger partial charge in [0.1, 0.15) is 11.6 Å². The SMILES string of the molecule is CCCNC(=O)[C@H]1[C@H]2C(=O)N(CCO)C(C(=O)Nc3ccc(N(CC)CC)cc3)C23CC(C)[C@]1(C)O3. The summed E-state index contributed by atoms with van der Waals surface area (Å²) in [7, 11) is 0. The fourth-order valence-corrected chi connectivity index (χ4v) is 6.70. The molecular formula is C27H40N4O5. The highest BCUT2D eigenvalue weighted by Gasteiger charge is 2.79. The molecule has 9 heteroatoms. The van der Waals surface area contributed by atoms with E-state index < -0.39 is 29.1 Å². The molecule has 3 aliphatic rings. The second-order valence-corrected chi connectivity index (χ2v) is 10.5. The van der Waals surface area contributed by atoms with Crippen LogP contribution >= 0.6 is 0 Å². The van der Waals surface area contributed by atoms with Gasteiger partial charge < -0.3 is 30.3 Å². The van der Waals surface area contributed by atoms with Crippen LogP contribution < -0.4 is 15.5 Å². The summed E-state index contributed by atoms with van der Waals surface area (Å²) in [6.45, 7) is 12.1. The van der Waals surface area contributed by atoms with E-state index >= 15 is 0 Å². The summed E-state index contributed by atoms with van der Waals surface area (Å²) in [4.78, 5) is 44.4. The molecule has 2 bridgehead atoms. The first kappa shape index (κ1) is 26.4. The third-order valence-electron chi connectivity index (χ3n) is 8.50. The number of aliphatic hydroxyl groups is 1. The monoisotopic (exact) mass is 500 g/mol. The number of aliphatic hydroxyl groups excluding tert-OH is 1. The highest BCUT2D eigenvalue weighted by Crippen LogP contribution is 2.65. The zero-order valence-electron chi connectivity index (χ0n) is 22.0. The molecule has 3 fully saturated rings. The number of benzene rings is 1. The molecule has 1 aromatic rings. The first-order valence-electron chi connectivity index (χ1n) is 13.2. The molecule has 0 saturated carbocycles. The van der Waals surface area contributed by atoms with Crippen molar-refractivity contribution in [2.24, 2.45) is 17.8 Å². The Kier molecular flexibility index (Phi) is 7.35. The van der Waals surface area contributed by atoms with Crippen molar-refractivity contribution in [3.8, 4) is 0 Å². The van der Waals surface area contributed by atoms with Crippen molar-refractivity contribution in [3.05, 3.63) is 24.3 Å². The molecule has 3 N–H and O–H groups in total. The van der Waals surface area contributed by atoms with Gasteiger partial charge in [0.15, 0.2) is 0 Å². The van der Waals surface area contributed by atoms with E-state index in [2.05, 4.69) is 29.4 Å². The smallest absolute Gasteiger partial charge is 0.250 e. The number of amides is 3. The highest BCUT2D eigenvalue weighted by molar-refractivity contribution is 6.03. The Morgan fingerprint density at radius 1 is 1.17 bits per heavy atom. The van der Waals surface area contributed by atoms with Crippen LogP contribution in [-0.4, -0.2) is 77.8 Å². The standard InChI is InChI=1S/C27H40N4O5/c1-6-13-28-23(33)20-21-25(35)31(14-15-32)22(27(21)16-17(4)26(20,5)36-27)24(34)29-18-9-11-19(12-10-18)30(7-2)8-3/h9-12,17,20-22,32H,6-8,13-16H2,1-5H3,(H,28,33)(H,29,34)/t17?,20-,21+,22?,26+,27?/m1/s1. The zero-order chi connectivity index (χ0) is 26.3. The lowest BCUT2D eigenvalue weighted by atomic mass is 9.62. The fourth-order valence-electron chi connectivity index (χ4n) is 6.70. The maximum Gasteiger partial charge on any atom is 0.250 e. The maximum atomic E-state index is 13.8. The molecular weight excluding hydrogens is 460 g/mol. The van der Waals surface area contributed by atoms with Crippen LogP contribution in [0, 0.1) is 17.8 Å². The minimum absolute atomic E-state index is 0.00776. The van der Waals surface area contributed by atoms with E-state index in [0.29, 0.717) is 18.7 Å². The second kappa shape index (κ2) is 10.0. The summed E-state index contributed by atoms with van der Waals surface area (Å²) >= 11 is 0. The van der Waals surface area contributed by atoms with Crippen LogP contribution in [0.1, 0.15) is 47.5 Å². The van der Waals surface area contributed by atoms with Crippen molar-refractivity contribution in [3.63, 3.8) is 0 Å². The Labute approximate surface area is 213 Å². The van der Waals surface area contributed by atoms with Gasteiger partial charge in [0, 0.05) is 37.6 Å². The van der Waals surface area contributed by atoms with Crippen molar-refractivity contribution in [1.82, 2.24) is 10.2 Å². The fraction of sp³-hybridized carbons (Fsp3) is 0.667. The van der Waals surface area contributed by atoms with Gasteiger partial charge in [-0.25, -0.2) is 0 Å². The van der Waals surface area contributed by atoms with Crippen LogP contribution in [0.25, 0.3) is 0 Å². The van der Waals surface area contributed by atoms with E-state index in [0.717, 1.165) is 25.2 Å². The second-order valence-electron chi connectivity index (χ2n) is 10.5. The summed E-state index contributed by atoms with van der Waals surface area (Å²) in [6, 6.07) is 6.70. The summed E-state index contributed by atoms with van der Waals surface area (Å²) in [5, 5.41) is 15.7. The van der Waals surface area contributed by atoms with Crippen molar-refractivity contribution in [2.75, 3.05) is 43.0 Å². The number of nitrogens with one attached hydrogen (secondary N) is 2. The molecule has 6 atom stereocenters. The topological polar surface area (TPSA) is 111 Å². The van der Waals surface area contributed by atoms with Crippen LogP contribution in [0.3, 0.4) is 0 Å². The van der Waals surface area contributed by atoms with E-state index in [1.165, 1.54) is 4.90 Å². The minimum Gasteiger partial charge on any atom is -0.395 e. The zero-order valence-corrected chi connectivity index (χ0v) is 22.0. The predicted octanol–water partition coefficient (Wildman–Crippen LogP) is 2.00. The van der Waals surface area contributed by atoms with Gasteiger partial charge in [-0.05, 0) is 63.8 Å². The van der Waals surface area contributed by atoms with Crippen molar-refractivity contribution >= 4 is 29.1 Å². The quantitative estimate of drug-likeness (QED) is 0.453. The van der Waals surface area contributed by atoms with Gasteiger partial charge in [-0.15, -0.1) is 0 Å². The molecule has 3 amide bonds. The van der Waals surface area contributed by atoms with E-state index in [1.54, 1.807) is 0 Å². The Bertz CT molecular complexity index is 996. The van der Waals surface area contributed by atoms with Crippen LogP contribution in [0.2, 0.25) is 0 Å². The lowest BCUT2D eigenvalue weighted by Crippen LogP contribution is -2.54. The molecule has 3 saturated heterocycles. The van der Waals surface area contributed by atoms with Crippen LogP contribution in [0.4, 0.5) is 11.4 Å². The molecule has 3 unspecified atom stereocenters. The largest absolute Gasteiger partial charge is 0.395 e. The van der Waals surface area contributed by atoms with Gasteiger partial charge in [0.2, 0.25) is 17.7 Å². The molecule has 1 aromatic carbocycles. The normalized spacial score (nSPS) is 32.5. The number of anilines is 2. The number of β-amino-alcohol motifs (C(OH)–C–C–N with tert-alkyl or cyclic N) is 1. The summed E-state index contributed by atoms with van der Waals surface area (Å²) in [6.07, 6.45) is 1.28. The number of hydrogen-bond acceptors (Lipinski definition) is 6. The average molecular weight is 501 g/mol. The Hall–Kier alpha value is -2.65. The molecule has 1 spiro atoms. The van der Waals surface area contributed by atoms with E-state index in [1.807, 2.05) is 45.0 Å². The van der Waals surface area contributed by atoms with E-state index in [-0.39, 0.29) is 36.8 Å². The van der Waals surface area contributed by atoms with E-state index in [9.17, 15) is 19.5 Å². The molecule has 0 aliphatic carbocycles. The molecule has 36 heavy (non-hydrogen) atoms. The number of likely N-dealkylation sites (tertiary alicyclic amines) is 1. The molecule has 9 nitrogen and oxygen atoms in total. The predicted molar refractivity (Wildman–Crippen MR) is 138 cm³/mol. The number of nitrogens with zero attached hydrogens (tertiary/aromatic N) is 2. The molecule has 3 heterocycles. The Morgan fingerprint density at radius 2 is 1.83 bits per heavy atom. The number of ether oxygens (including phenoxy) is 1. The molecule has 3 aliphatic heterocycles. The van der Waals surface area contributed by atoms with Gasteiger partial charge in [-0.2, -0.15) is 0 Å². The summed E-state index contributed by atoms with van der Waals surface area (Å²) in [5.41, 5.74) is -0.265. The lowest BCUT2D eigenvalue weighted by Gasteiger charge is -2.36. The van der Waals surface area contributed by atoms with Gasteiger partial charge in [0.05, 0.1) is 24.0 Å². The number of hydrogen-bond donors (Lipinski definition) is 3. The number of carbonyl (C=O) groups excluding carboxylic acids is 3. The Balaban J connectivity index is 1.65. The van der Waals surface area contributed by atoms with Gasteiger partial charge >= 0.3 is 0 Å². The third kappa shape index (κ3) is 3.96. The number of rotatable bonds is 10. The highest BCUT2D eigenvalue weighted by atomic mass is 16.5. The number of fused-ring (bicyclic) bond motifs is 1. The van der Waals surface area contributed by atoms with Gasteiger partial charge in [-0.3, -0.25) is 14.4 Å². The summed E-state index contributed by atoms with van der Waals surface area (Å²) < 4.78 is 6.62. The molecule has 4 rings (SSSR count). The average Bonchev–Trinajstić information content (AvgIpc) is 3.36. The Morgan fingerprint density at radius 3 is 2.42 bits per heavy atom.